The van der Waals surface area contributed by atoms with E-state index >= 15 is 0 Å². The zero-order chi connectivity index (χ0) is 10.7. The summed E-state index contributed by atoms with van der Waals surface area (Å²) in [6, 6.07) is 4.35. The van der Waals surface area contributed by atoms with Crippen molar-refractivity contribution in [3.8, 4) is 0 Å². The fourth-order valence-corrected chi connectivity index (χ4v) is 1.22. The van der Waals surface area contributed by atoms with Gasteiger partial charge in [-0.25, -0.2) is 4.39 Å². The summed E-state index contributed by atoms with van der Waals surface area (Å²) in [6.07, 6.45) is 1.51. The molecule has 1 rings (SSSR count). The maximum absolute atomic E-state index is 13.0. The standard InChI is InChI=1S/C12H13FO/c1-8(2)4-12(14)10-5-9(3)6-11(13)7-10/h4-7H,1-3H3. The molecule has 0 aliphatic rings. The molecule has 0 aliphatic heterocycles. The molecule has 2 heteroatoms. The smallest absolute Gasteiger partial charge is 0.185 e. The van der Waals surface area contributed by atoms with Crippen molar-refractivity contribution in [3.05, 3.63) is 46.8 Å². The first-order valence-corrected chi connectivity index (χ1v) is 4.45. The first-order valence-electron chi connectivity index (χ1n) is 4.45. The molecular formula is C12H13FO. The van der Waals surface area contributed by atoms with E-state index in [0.29, 0.717) is 5.56 Å². The van der Waals surface area contributed by atoms with Crippen LogP contribution in [0, 0.1) is 12.7 Å². The molecule has 0 fully saturated rings. The molecule has 0 heterocycles. The Morgan fingerprint density at radius 3 is 2.43 bits per heavy atom. The Balaban J connectivity index is 3.08. The lowest BCUT2D eigenvalue weighted by molar-refractivity contribution is 0.104. The zero-order valence-electron chi connectivity index (χ0n) is 8.60. The Morgan fingerprint density at radius 1 is 1.29 bits per heavy atom. The number of ketones is 1. The summed E-state index contributed by atoms with van der Waals surface area (Å²) in [4.78, 5) is 11.5. The highest BCUT2D eigenvalue weighted by Crippen LogP contribution is 2.10. The van der Waals surface area contributed by atoms with Crippen LogP contribution in [0.3, 0.4) is 0 Å². The Labute approximate surface area is 83.3 Å². The third kappa shape index (κ3) is 2.80. The number of halogens is 1. The van der Waals surface area contributed by atoms with E-state index in [4.69, 9.17) is 0 Å². The third-order valence-electron chi connectivity index (χ3n) is 1.75. The summed E-state index contributed by atoms with van der Waals surface area (Å²) >= 11 is 0. The minimum Gasteiger partial charge on any atom is -0.289 e. The summed E-state index contributed by atoms with van der Waals surface area (Å²) in [5.74, 6) is -0.511. The predicted molar refractivity (Wildman–Crippen MR) is 54.9 cm³/mol. The molecule has 0 N–H and O–H groups in total. The molecule has 0 unspecified atom stereocenters. The second-order valence-electron chi connectivity index (χ2n) is 3.60. The van der Waals surface area contributed by atoms with E-state index < -0.39 is 0 Å². The molecular weight excluding hydrogens is 179 g/mol. The number of benzene rings is 1. The predicted octanol–water partition coefficient (Wildman–Crippen LogP) is 3.28. The number of carbonyl (C=O) groups is 1. The lowest BCUT2D eigenvalue weighted by Gasteiger charge is -1.99. The molecule has 1 nitrogen and oxygen atoms in total. The second kappa shape index (κ2) is 4.18. The van der Waals surface area contributed by atoms with E-state index in [1.807, 2.05) is 13.8 Å². The molecule has 0 spiro atoms. The van der Waals surface area contributed by atoms with Gasteiger partial charge in [-0.15, -0.1) is 0 Å². The van der Waals surface area contributed by atoms with Crippen LogP contribution in [0.2, 0.25) is 0 Å². The van der Waals surface area contributed by atoms with Crippen LogP contribution in [0.5, 0.6) is 0 Å². The van der Waals surface area contributed by atoms with Crippen molar-refractivity contribution in [3.63, 3.8) is 0 Å². The number of hydrogen-bond acceptors (Lipinski definition) is 1. The van der Waals surface area contributed by atoms with Crippen molar-refractivity contribution in [2.45, 2.75) is 20.8 Å². The van der Waals surface area contributed by atoms with E-state index in [9.17, 15) is 9.18 Å². The van der Waals surface area contributed by atoms with Gasteiger partial charge in [-0.3, -0.25) is 4.79 Å². The van der Waals surface area contributed by atoms with Gasteiger partial charge in [-0.1, -0.05) is 5.57 Å². The zero-order valence-corrected chi connectivity index (χ0v) is 8.60. The van der Waals surface area contributed by atoms with Crippen LogP contribution >= 0.6 is 0 Å². The van der Waals surface area contributed by atoms with Crippen molar-refractivity contribution in [2.75, 3.05) is 0 Å². The highest BCUT2D eigenvalue weighted by atomic mass is 19.1. The van der Waals surface area contributed by atoms with Crippen molar-refractivity contribution in [1.29, 1.82) is 0 Å². The fraction of sp³-hybridized carbons (Fsp3) is 0.250. The molecule has 0 amide bonds. The van der Waals surface area contributed by atoms with Crippen molar-refractivity contribution >= 4 is 5.78 Å². The van der Waals surface area contributed by atoms with Gasteiger partial charge in [-0.2, -0.15) is 0 Å². The van der Waals surface area contributed by atoms with Gasteiger partial charge in [-0.05, 0) is 50.6 Å². The molecule has 14 heavy (non-hydrogen) atoms. The molecule has 0 saturated carbocycles. The lowest BCUT2D eigenvalue weighted by atomic mass is 10.1. The van der Waals surface area contributed by atoms with Gasteiger partial charge in [0.2, 0.25) is 0 Å². The monoisotopic (exact) mass is 192 g/mol. The minimum atomic E-state index is -0.365. The Bertz CT molecular complexity index is 367. The molecule has 0 radical (unpaired) electrons. The fourth-order valence-electron chi connectivity index (χ4n) is 1.22. The van der Waals surface area contributed by atoms with Gasteiger partial charge in [0.1, 0.15) is 5.82 Å². The number of aryl methyl sites for hydroxylation is 1. The van der Waals surface area contributed by atoms with Crippen LogP contribution in [-0.2, 0) is 0 Å². The lowest BCUT2D eigenvalue weighted by Crippen LogP contribution is -1.96. The quantitative estimate of drug-likeness (QED) is 0.519. The van der Waals surface area contributed by atoms with E-state index in [-0.39, 0.29) is 11.6 Å². The van der Waals surface area contributed by atoms with Crippen LogP contribution in [0.1, 0.15) is 29.8 Å². The molecule has 0 bridgehead atoms. The molecule has 1 aromatic carbocycles. The minimum absolute atomic E-state index is 0.146. The Morgan fingerprint density at radius 2 is 1.93 bits per heavy atom. The number of allylic oxidation sites excluding steroid dienone is 2. The van der Waals surface area contributed by atoms with Crippen LogP contribution in [0.25, 0.3) is 0 Å². The molecule has 0 aliphatic carbocycles. The largest absolute Gasteiger partial charge is 0.289 e. The Kier molecular flexibility index (Phi) is 3.18. The van der Waals surface area contributed by atoms with Gasteiger partial charge in [0, 0.05) is 5.56 Å². The maximum Gasteiger partial charge on any atom is 0.185 e. The first kappa shape index (κ1) is 10.6. The highest BCUT2D eigenvalue weighted by molar-refractivity contribution is 6.04. The van der Waals surface area contributed by atoms with Crippen LogP contribution < -0.4 is 0 Å². The SMILES string of the molecule is CC(C)=CC(=O)c1cc(C)cc(F)c1. The van der Waals surface area contributed by atoms with E-state index in [1.165, 1.54) is 18.2 Å². The van der Waals surface area contributed by atoms with Gasteiger partial charge in [0.05, 0.1) is 0 Å². The average Bonchev–Trinajstić information content (AvgIpc) is 2.00. The number of rotatable bonds is 2. The maximum atomic E-state index is 13.0. The summed E-state index contributed by atoms with van der Waals surface area (Å²) < 4.78 is 13.0. The van der Waals surface area contributed by atoms with E-state index in [0.717, 1.165) is 11.1 Å². The van der Waals surface area contributed by atoms with Gasteiger partial charge < -0.3 is 0 Å². The third-order valence-corrected chi connectivity index (χ3v) is 1.75. The van der Waals surface area contributed by atoms with Crippen molar-refractivity contribution in [1.82, 2.24) is 0 Å². The normalized spacial score (nSPS) is 9.71. The summed E-state index contributed by atoms with van der Waals surface area (Å²) in [5.41, 5.74) is 2.08. The van der Waals surface area contributed by atoms with E-state index in [1.54, 1.807) is 13.0 Å². The average molecular weight is 192 g/mol. The molecule has 0 aromatic heterocycles. The van der Waals surface area contributed by atoms with Gasteiger partial charge in [0.15, 0.2) is 5.78 Å². The summed E-state index contributed by atoms with van der Waals surface area (Å²) in [5, 5.41) is 0. The highest BCUT2D eigenvalue weighted by Gasteiger charge is 2.04. The Hall–Kier alpha value is -1.44. The topological polar surface area (TPSA) is 17.1 Å². The van der Waals surface area contributed by atoms with Crippen molar-refractivity contribution in [2.24, 2.45) is 0 Å². The molecule has 1 aromatic rings. The van der Waals surface area contributed by atoms with Crippen molar-refractivity contribution < 1.29 is 9.18 Å². The van der Waals surface area contributed by atoms with E-state index in [2.05, 4.69) is 0 Å². The number of hydrogen-bond donors (Lipinski definition) is 0. The number of carbonyl (C=O) groups excluding carboxylic acids is 1. The summed E-state index contributed by atoms with van der Waals surface area (Å²) in [6.45, 7) is 5.44. The molecule has 0 atom stereocenters. The van der Waals surface area contributed by atoms with Crippen LogP contribution in [-0.4, -0.2) is 5.78 Å². The summed E-state index contributed by atoms with van der Waals surface area (Å²) in [7, 11) is 0. The van der Waals surface area contributed by atoms with Gasteiger partial charge >= 0.3 is 0 Å². The van der Waals surface area contributed by atoms with Crippen LogP contribution in [0.15, 0.2) is 29.8 Å². The second-order valence-corrected chi connectivity index (χ2v) is 3.60. The molecule has 74 valence electrons. The first-order chi connectivity index (χ1) is 6.49. The van der Waals surface area contributed by atoms with Crippen LogP contribution in [0.4, 0.5) is 4.39 Å². The molecule has 0 saturated heterocycles. The van der Waals surface area contributed by atoms with Gasteiger partial charge in [0.25, 0.3) is 0 Å².